The summed E-state index contributed by atoms with van der Waals surface area (Å²) >= 11 is 6.06. The second-order valence-corrected chi connectivity index (χ2v) is 7.98. The summed E-state index contributed by atoms with van der Waals surface area (Å²) in [5.74, 6) is -3.47. The molecule has 0 saturated carbocycles. The Morgan fingerprint density at radius 3 is 2.31 bits per heavy atom. The lowest BCUT2D eigenvalue weighted by atomic mass is 10.1. The van der Waals surface area contributed by atoms with E-state index in [2.05, 4.69) is 0 Å². The van der Waals surface area contributed by atoms with E-state index < -0.39 is 25.4 Å². The van der Waals surface area contributed by atoms with Gasteiger partial charge in [0.1, 0.15) is 0 Å². The van der Waals surface area contributed by atoms with Gasteiger partial charge in [-0.1, -0.05) is 23.7 Å². The second kappa shape index (κ2) is 8.07. The lowest BCUT2D eigenvalue weighted by Gasteiger charge is -2.17. The molecule has 0 unspecified atom stereocenters. The van der Waals surface area contributed by atoms with Crippen LogP contribution in [0.2, 0.25) is 5.02 Å². The summed E-state index contributed by atoms with van der Waals surface area (Å²) in [6.45, 7) is 0.686. The van der Waals surface area contributed by atoms with E-state index in [1.807, 2.05) is 4.90 Å². The molecule has 2 aromatic rings. The van der Waals surface area contributed by atoms with Gasteiger partial charge in [-0.15, -0.1) is 0 Å². The van der Waals surface area contributed by atoms with Crippen molar-refractivity contribution in [2.75, 3.05) is 7.05 Å². The van der Waals surface area contributed by atoms with E-state index in [0.29, 0.717) is 29.2 Å². The Kier molecular flexibility index (Phi) is 6.27. The van der Waals surface area contributed by atoms with Crippen LogP contribution in [0, 0.1) is 10.1 Å². The Morgan fingerprint density at radius 2 is 1.77 bits per heavy atom. The first-order valence-electron chi connectivity index (χ1n) is 7.33. The molecule has 0 radical (unpaired) electrons. The van der Waals surface area contributed by atoms with Gasteiger partial charge in [-0.2, -0.15) is 8.78 Å². The van der Waals surface area contributed by atoms with Crippen molar-refractivity contribution in [3.8, 4) is 0 Å². The smallest absolute Gasteiger partial charge is 0.298 e. The van der Waals surface area contributed by atoms with Crippen LogP contribution in [0.15, 0.2) is 47.4 Å². The first-order valence-corrected chi connectivity index (χ1v) is 9.26. The highest BCUT2D eigenvalue weighted by Gasteiger charge is 2.26. The molecule has 0 aliphatic carbocycles. The van der Waals surface area contributed by atoms with Crippen molar-refractivity contribution in [3.63, 3.8) is 0 Å². The van der Waals surface area contributed by atoms with Crippen molar-refractivity contribution in [3.05, 3.63) is 68.7 Å². The Morgan fingerprint density at radius 1 is 1.15 bits per heavy atom. The zero-order chi connectivity index (χ0) is 19.5. The Bertz CT molecular complexity index is 905. The van der Waals surface area contributed by atoms with Crippen LogP contribution in [0.4, 0.5) is 14.5 Å². The standard InChI is InChI=1S/C16H15ClF2N2O4S/c1-20(10-12-8-13(21(22)23)4-7-15(12)17)9-11-2-5-14(6-3-11)26(24,25)16(18)19/h2-8,16H,9-10H2,1H3. The zero-order valence-corrected chi connectivity index (χ0v) is 15.2. The van der Waals surface area contributed by atoms with Crippen LogP contribution in [0.1, 0.15) is 11.1 Å². The van der Waals surface area contributed by atoms with Crippen LogP contribution >= 0.6 is 11.6 Å². The van der Waals surface area contributed by atoms with Crippen LogP contribution in [0.5, 0.6) is 0 Å². The molecule has 2 rings (SSSR count). The number of nitro benzene ring substituents is 1. The molecule has 6 nitrogen and oxygen atoms in total. The number of non-ortho nitro benzene ring substituents is 1. The van der Waals surface area contributed by atoms with Gasteiger partial charge in [0.25, 0.3) is 5.69 Å². The van der Waals surface area contributed by atoms with Gasteiger partial charge in [0, 0.05) is 30.2 Å². The molecule has 0 N–H and O–H groups in total. The number of hydrogen-bond donors (Lipinski definition) is 0. The fourth-order valence-corrected chi connectivity index (χ4v) is 3.24. The lowest BCUT2D eigenvalue weighted by Crippen LogP contribution is -2.18. The molecule has 0 spiro atoms. The molecule has 2 aromatic carbocycles. The van der Waals surface area contributed by atoms with Gasteiger partial charge in [-0.05, 0) is 36.4 Å². The summed E-state index contributed by atoms with van der Waals surface area (Å²) < 4.78 is 47.8. The van der Waals surface area contributed by atoms with Gasteiger partial charge in [0.05, 0.1) is 9.82 Å². The molecule has 0 aliphatic heterocycles. The molecule has 0 saturated heterocycles. The maximum Gasteiger partial charge on any atom is 0.341 e. The lowest BCUT2D eigenvalue weighted by molar-refractivity contribution is -0.384. The zero-order valence-electron chi connectivity index (χ0n) is 13.6. The monoisotopic (exact) mass is 404 g/mol. The number of sulfone groups is 1. The molecule has 0 heterocycles. The highest BCUT2D eigenvalue weighted by molar-refractivity contribution is 7.91. The van der Waals surface area contributed by atoms with Gasteiger partial charge < -0.3 is 0 Å². The maximum atomic E-state index is 12.5. The number of hydrogen-bond acceptors (Lipinski definition) is 5. The number of nitrogens with zero attached hydrogens (tertiary/aromatic N) is 2. The van der Waals surface area contributed by atoms with E-state index in [0.717, 1.165) is 12.1 Å². The highest BCUT2D eigenvalue weighted by Crippen LogP contribution is 2.24. The van der Waals surface area contributed by atoms with Crippen molar-refractivity contribution >= 4 is 27.1 Å². The van der Waals surface area contributed by atoms with E-state index in [9.17, 15) is 27.3 Å². The first-order chi connectivity index (χ1) is 12.1. The molecular formula is C16H15ClF2N2O4S. The molecule has 0 atom stereocenters. The van der Waals surface area contributed by atoms with Crippen molar-refractivity contribution in [1.82, 2.24) is 4.90 Å². The third-order valence-corrected chi connectivity index (χ3v) is 5.39. The summed E-state index contributed by atoms with van der Waals surface area (Å²) in [5.41, 5.74) is 1.20. The number of benzene rings is 2. The van der Waals surface area contributed by atoms with Crippen LogP contribution in [0.3, 0.4) is 0 Å². The van der Waals surface area contributed by atoms with Crippen molar-refractivity contribution in [2.45, 2.75) is 23.7 Å². The molecule has 0 bridgehead atoms. The molecule has 0 aliphatic rings. The van der Waals surface area contributed by atoms with Crippen LogP contribution < -0.4 is 0 Å². The second-order valence-electron chi connectivity index (χ2n) is 5.65. The minimum absolute atomic E-state index is 0.0700. The van der Waals surface area contributed by atoms with Gasteiger partial charge in [0.15, 0.2) is 0 Å². The Balaban J connectivity index is 2.10. The van der Waals surface area contributed by atoms with E-state index in [1.165, 1.54) is 30.3 Å². The topological polar surface area (TPSA) is 80.5 Å². The molecule has 10 heteroatoms. The van der Waals surface area contributed by atoms with E-state index >= 15 is 0 Å². The summed E-state index contributed by atoms with van der Waals surface area (Å²) in [6.07, 6.45) is 0. The van der Waals surface area contributed by atoms with E-state index in [-0.39, 0.29) is 5.69 Å². The molecular weight excluding hydrogens is 390 g/mol. The number of nitro groups is 1. The first kappa shape index (κ1) is 20.2. The van der Waals surface area contributed by atoms with E-state index in [4.69, 9.17) is 11.6 Å². The summed E-state index contributed by atoms with van der Waals surface area (Å²) in [5, 5.41) is 11.2. The largest absolute Gasteiger partial charge is 0.341 e. The van der Waals surface area contributed by atoms with Gasteiger partial charge in [-0.25, -0.2) is 8.42 Å². The number of rotatable bonds is 7. The summed E-state index contributed by atoms with van der Waals surface area (Å²) in [7, 11) is -2.87. The minimum Gasteiger partial charge on any atom is -0.298 e. The number of alkyl halides is 2. The van der Waals surface area contributed by atoms with Crippen molar-refractivity contribution in [2.24, 2.45) is 0 Å². The van der Waals surface area contributed by atoms with Crippen LogP contribution in [-0.2, 0) is 22.9 Å². The SMILES string of the molecule is CN(Cc1ccc(S(=O)(=O)C(F)F)cc1)Cc1cc([N+](=O)[O-])ccc1Cl. The predicted octanol–water partition coefficient (Wildman–Crippen LogP) is 3.88. The average molecular weight is 405 g/mol. The quantitative estimate of drug-likeness (QED) is 0.516. The Labute approximate surface area is 154 Å². The predicted molar refractivity (Wildman–Crippen MR) is 92.9 cm³/mol. The maximum absolute atomic E-state index is 12.5. The summed E-state index contributed by atoms with van der Waals surface area (Å²) in [4.78, 5) is 11.7. The van der Waals surface area contributed by atoms with Gasteiger partial charge >= 0.3 is 5.76 Å². The molecule has 0 amide bonds. The van der Waals surface area contributed by atoms with Gasteiger partial charge in [0.2, 0.25) is 9.84 Å². The van der Waals surface area contributed by atoms with E-state index in [1.54, 1.807) is 7.05 Å². The van der Waals surface area contributed by atoms with Crippen LogP contribution in [-0.4, -0.2) is 31.0 Å². The minimum atomic E-state index is -4.62. The molecule has 26 heavy (non-hydrogen) atoms. The summed E-state index contributed by atoms with van der Waals surface area (Å²) in [6, 6.07) is 9.30. The van der Waals surface area contributed by atoms with Crippen LogP contribution in [0.25, 0.3) is 0 Å². The molecule has 0 fully saturated rings. The normalized spacial score (nSPS) is 11.9. The average Bonchev–Trinajstić information content (AvgIpc) is 2.57. The third-order valence-electron chi connectivity index (χ3n) is 3.62. The number of halogens is 3. The van der Waals surface area contributed by atoms with Crippen molar-refractivity contribution < 1.29 is 22.1 Å². The molecule has 0 aromatic heterocycles. The third kappa shape index (κ3) is 4.75. The fraction of sp³-hybridized carbons (Fsp3) is 0.250. The Hall–Kier alpha value is -2.10. The molecule has 140 valence electrons. The fourth-order valence-electron chi connectivity index (χ4n) is 2.34. The highest BCUT2D eigenvalue weighted by atomic mass is 35.5. The van der Waals surface area contributed by atoms with Crippen molar-refractivity contribution in [1.29, 1.82) is 0 Å². The van der Waals surface area contributed by atoms with Gasteiger partial charge in [-0.3, -0.25) is 15.0 Å².